The van der Waals surface area contributed by atoms with Gasteiger partial charge in [0.15, 0.2) is 5.69 Å². The number of nitrogens with one attached hydrogen (secondary N) is 2. The molecule has 0 saturated carbocycles. The van der Waals surface area contributed by atoms with Crippen LogP contribution in [-0.2, 0) is 12.8 Å². The summed E-state index contributed by atoms with van der Waals surface area (Å²) in [5.74, 6) is -0.123. The van der Waals surface area contributed by atoms with Gasteiger partial charge >= 0.3 is 0 Å². The molecule has 0 aromatic carbocycles. The third kappa shape index (κ3) is 2.43. The van der Waals surface area contributed by atoms with Crippen molar-refractivity contribution in [1.29, 1.82) is 0 Å². The SMILES string of the molecule is CC(NC(=O)c1n[nH]c2c1CCCC2)c1ccccn1. The lowest BCUT2D eigenvalue weighted by molar-refractivity contribution is 0.0933. The van der Waals surface area contributed by atoms with Crippen LogP contribution in [0.3, 0.4) is 0 Å². The third-order valence-corrected chi connectivity index (χ3v) is 3.75. The average molecular weight is 270 g/mol. The molecule has 0 aliphatic heterocycles. The predicted molar refractivity (Wildman–Crippen MR) is 75.3 cm³/mol. The first-order valence-corrected chi connectivity index (χ1v) is 7.03. The Bertz CT molecular complexity index is 606. The fourth-order valence-electron chi connectivity index (χ4n) is 2.64. The molecule has 1 aliphatic rings. The monoisotopic (exact) mass is 270 g/mol. The van der Waals surface area contributed by atoms with Gasteiger partial charge in [-0.05, 0) is 44.7 Å². The van der Waals surface area contributed by atoms with Gasteiger partial charge in [0.1, 0.15) is 0 Å². The summed E-state index contributed by atoms with van der Waals surface area (Å²) in [4.78, 5) is 16.6. The number of pyridine rings is 1. The fourth-order valence-corrected chi connectivity index (χ4v) is 2.64. The van der Waals surface area contributed by atoms with Crippen LogP contribution in [0.15, 0.2) is 24.4 Å². The van der Waals surface area contributed by atoms with Gasteiger partial charge in [-0.2, -0.15) is 5.10 Å². The fraction of sp³-hybridized carbons (Fsp3) is 0.400. The maximum Gasteiger partial charge on any atom is 0.272 e. The number of fused-ring (bicyclic) bond motifs is 1. The minimum absolute atomic E-state index is 0.123. The zero-order chi connectivity index (χ0) is 13.9. The first-order valence-electron chi connectivity index (χ1n) is 7.03. The maximum atomic E-state index is 12.3. The van der Waals surface area contributed by atoms with Gasteiger partial charge < -0.3 is 5.32 Å². The van der Waals surface area contributed by atoms with Crippen molar-refractivity contribution in [2.75, 3.05) is 0 Å². The molecule has 0 radical (unpaired) electrons. The summed E-state index contributed by atoms with van der Waals surface area (Å²) >= 11 is 0. The van der Waals surface area contributed by atoms with E-state index in [4.69, 9.17) is 0 Å². The van der Waals surface area contributed by atoms with Gasteiger partial charge in [-0.3, -0.25) is 14.9 Å². The Labute approximate surface area is 117 Å². The van der Waals surface area contributed by atoms with E-state index in [9.17, 15) is 4.79 Å². The Morgan fingerprint density at radius 1 is 1.35 bits per heavy atom. The minimum Gasteiger partial charge on any atom is -0.343 e. The quantitative estimate of drug-likeness (QED) is 0.898. The van der Waals surface area contributed by atoms with Gasteiger partial charge in [0.05, 0.1) is 11.7 Å². The van der Waals surface area contributed by atoms with E-state index in [2.05, 4.69) is 20.5 Å². The highest BCUT2D eigenvalue weighted by atomic mass is 16.2. The summed E-state index contributed by atoms with van der Waals surface area (Å²) in [7, 11) is 0. The second kappa shape index (κ2) is 5.45. The molecular weight excluding hydrogens is 252 g/mol. The van der Waals surface area contributed by atoms with Crippen LogP contribution in [-0.4, -0.2) is 21.1 Å². The van der Waals surface area contributed by atoms with Gasteiger partial charge in [0, 0.05) is 17.5 Å². The Hall–Kier alpha value is -2.17. The molecule has 5 heteroatoms. The number of nitrogens with zero attached hydrogens (tertiary/aromatic N) is 2. The number of carbonyl (C=O) groups is 1. The molecule has 2 heterocycles. The number of amides is 1. The number of aromatic amines is 1. The Kier molecular flexibility index (Phi) is 3.50. The van der Waals surface area contributed by atoms with Crippen molar-refractivity contribution >= 4 is 5.91 Å². The highest BCUT2D eigenvalue weighted by molar-refractivity contribution is 5.94. The zero-order valence-corrected chi connectivity index (χ0v) is 11.5. The first kappa shape index (κ1) is 12.8. The molecule has 2 N–H and O–H groups in total. The Balaban J connectivity index is 1.75. The summed E-state index contributed by atoms with van der Waals surface area (Å²) in [5.41, 5.74) is 3.60. The van der Waals surface area contributed by atoms with E-state index in [-0.39, 0.29) is 11.9 Å². The number of rotatable bonds is 3. The van der Waals surface area contributed by atoms with Crippen molar-refractivity contribution in [3.05, 3.63) is 47.0 Å². The summed E-state index contributed by atoms with van der Waals surface area (Å²) in [6.07, 6.45) is 5.95. The van der Waals surface area contributed by atoms with Gasteiger partial charge in [-0.25, -0.2) is 0 Å². The van der Waals surface area contributed by atoms with Gasteiger partial charge in [0.25, 0.3) is 5.91 Å². The molecule has 0 saturated heterocycles. The smallest absolute Gasteiger partial charge is 0.272 e. The zero-order valence-electron chi connectivity index (χ0n) is 11.5. The molecule has 1 amide bonds. The largest absolute Gasteiger partial charge is 0.343 e. The van der Waals surface area contributed by atoms with Crippen LogP contribution >= 0.6 is 0 Å². The third-order valence-electron chi connectivity index (χ3n) is 3.75. The maximum absolute atomic E-state index is 12.3. The molecule has 0 fully saturated rings. The molecule has 0 bridgehead atoms. The highest BCUT2D eigenvalue weighted by Crippen LogP contribution is 2.22. The number of hydrogen-bond donors (Lipinski definition) is 2. The van der Waals surface area contributed by atoms with Crippen LogP contribution in [0.25, 0.3) is 0 Å². The van der Waals surface area contributed by atoms with Crippen LogP contribution in [0, 0.1) is 0 Å². The molecule has 2 aromatic rings. The molecule has 3 rings (SSSR count). The van der Waals surface area contributed by atoms with E-state index in [0.29, 0.717) is 5.69 Å². The van der Waals surface area contributed by atoms with Crippen molar-refractivity contribution in [2.24, 2.45) is 0 Å². The van der Waals surface area contributed by atoms with Crippen molar-refractivity contribution in [3.8, 4) is 0 Å². The van der Waals surface area contributed by atoms with E-state index in [0.717, 1.165) is 36.2 Å². The molecular formula is C15H18N4O. The lowest BCUT2D eigenvalue weighted by Crippen LogP contribution is -2.28. The summed E-state index contributed by atoms with van der Waals surface area (Å²) < 4.78 is 0. The van der Waals surface area contributed by atoms with Crippen LogP contribution in [0.2, 0.25) is 0 Å². The van der Waals surface area contributed by atoms with Crippen molar-refractivity contribution in [3.63, 3.8) is 0 Å². The van der Waals surface area contributed by atoms with Crippen molar-refractivity contribution in [1.82, 2.24) is 20.5 Å². The summed E-state index contributed by atoms with van der Waals surface area (Å²) in [5, 5.41) is 10.1. The molecule has 1 aliphatic carbocycles. The Morgan fingerprint density at radius 2 is 2.20 bits per heavy atom. The standard InChI is InChI=1S/C15H18N4O/c1-10(12-7-4-5-9-16-12)17-15(20)14-11-6-2-3-8-13(11)18-19-14/h4-5,7,9-10H,2-3,6,8H2,1H3,(H,17,20)(H,18,19). The van der Waals surface area contributed by atoms with Gasteiger partial charge in [-0.15, -0.1) is 0 Å². The number of aromatic nitrogens is 3. The molecule has 104 valence electrons. The number of carbonyl (C=O) groups excluding carboxylic acids is 1. The summed E-state index contributed by atoms with van der Waals surface area (Å²) in [6.45, 7) is 1.93. The second-order valence-corrected chi connectivity index (χ2v) is 5.19. The van der Waals surface area contributed by atoms with Crippen LogP contribution in [0.1, 0.15) is 53.2 Å². The second-order valence-electron chi connectivity index (χ2n) is 5.19. The number of hydrogen-bond acceptors (Lipinski definition) is 3. The number of aryl methyl sites for hydroxylation is 1. The normalized spacial score (nSPS) is 15.4. The lowest BCUT2D eigenvalue weighted by Gasteiger charge is -2.14. The summed E-state index contributed by atoms with van der Waals surface area (Å²) in [6, 6.07) is 5.56. The molecule has 0 spiro atoms. The highest BCUT2D eigenvalue weighted by Gasteiger charge is 2.22. The molecule has 2 aromatic heterocycles. The van der Waals surface area contributed by atoms with Crippen LogP contribution in [0.5, 0.6) is 0 Å². The van der Waals surface area contributed by atoms with E-state index in [1.807, 2.05) is 25.1 Å². The topological polar surface area (TPSA) is 70.7 Å². The van der Waals surface area contributed by atoms with Crippen LogP contribution < -0.4 is 5.32 Å². The van der Waals surface area contributed by atoms with Gasteiger partial charge in [-0.1, -0.05) is 6.07 Å². The number of H-pyrrole nitrogens is 1. The van der Waals surface area contributed by atoms with Crippen LogP contribution in [0.4, 0.5) is 0 Å². The molecule has 1 unspecified atom stereocenters. The molecule has 5 nitrogen and oxygen atoms in total. The van der Waals surface area contributed by atoms with Crippen molar-refractivity contribution in [2.45, 2.75) is 38.6 Å². The average Bonchev–Trinajstić information content (AvgIpc) is 2.92. The minimum atomic E-state index is -0.125. The van der Waals surface area contributed by atoms with E-state index < -0.39 is 0 Å². The Morgan fingerprint density at radius 3 is 3.00 bits per heavy atom. The van der Waals surface area contributed by atoms with Crippen molar-refractivity contribution < 1.29 is 4.79 Å². The van der Waals surface area contributed by atoms with E-state index >= 15 is 0 Å². The first-order chi connectivity index (χ1) is 9.75. The lowest BCUT2D eigenvalue weighted by atomic mass is 9.95. The van der Waals surface area contributed by atoms with Gasteiger partial charge in [0.2, 0.25) is 0 Å². The molecule has 1 atom stereocenters. The van der Waals surface area contributed by atoms with E-state index in [1.54, 1.807) is 6.20 Å². The predicted octanol–water partition coefficient (Wildman–Crippen LogP) is 2.17. The molecule has 20 heavy (non-hydrogen) atoms. The van der Waals surface area contributed by atoms with E-state index in [1.165, 1.54) is 6.42 Å².